The number of H-pyrrole nitrogens is 1. The Morgan fingerprint density at radius 3 is 2.81 bits per heavy atom. The van der Waals surface area contributed by atoms with Crippen molar-refractivity contribution < 1.29 is 0 Å². The lowest BCUT2D eigenvalue weighted by molar-refractivity contribution is 0.244. The molecule has 1 atom stereocenters. The van der Waals surface area contributed by atoms with Crippen LogP contribution in [0.2, 0.25) is 0 Å². The number of hydrogen-bond acceptors (Lipinski definition) is 5. The zero-order chi connectivity index (χ0) is 15.4. The van der Waals surface area contributed by atoms with Gasteiger partial charge in [-0.25, -0.2) is 14.8 Å². The van der Waals surface area contributed by atoms with Crippen molar-refractivity contribution in [2.75, 3.05) is 13.6 Å². The van der Waals surface area contributed by atoms with E-state index in [0.717, 1.165) is 5.69 Å². The minimum Gasteiger partial charge on any atom is -0.311 e. The number of rotatable bonds is 5. The molecule has 0 bridgehead atoms. The predicted molar refractivity (Wildman–Crippen MR) is 79.1 cm³/mol. The van der Waals surface area contributed by atoms with Crippen LogP contribution in [0.1, 0.15) is 24.4 Å². The minimum absolute atomic E-state index is 0.0771. The second-order valence-electron chi connectivity index (χ2n) is 5.04. The number of likely N-dealkylation sites (N-methyl/N-ethyl adjacent to an activating group) is 1. The van der Waals surface area contributed by atoms with E-state index in [2.05, 4.69) is 15.0 Å². The van der Waals surface area contributed by atoms with Crippen molar-refractivity contribution in [2.45, 2.75) is 26.4 Å². The highest BCUT2D eigenvalue weighted by Crippen LogP contribution is 2.14. The Morgan fingerprint density at radius 1 is 1.43 bits per heavy atom. The van der Waals surface area contributed by atoms with Crippen molar-refractivity contribution in [3.8, 4) is 0 Å². The SMILES string of the molecule is Cc1cc(=O)n(CCN(C)C(C)c2ccncn2)c(=O)[nH]1. The molecule has 0 aliphatic carbocycles. The number of aryl methyl sites for hydroxylation is 1. The van der Waals surface area contributed by atoms with Gasteiger partial charge in [0.05, 0.1) is 5.69 Å². The topological polar surface area (TPSA) is 83.9 Å². The summed E-state index contributed by atoms with van der Waals surface area (Å²) in [6.45, 7) is 4.61. The molecule has 2 heterocycles. The molecular weight excluding hydrogens is 270 g/mol. The van der Waals surface area contributed by atoms with Crippen molar-refractivity contribution in [3.63, 3.8) is 0 Å². The first-order chi connectivity index (χ1) is 9.99. The summed E-state index contributed by atoms with van der Waals surface area (Å²) in [7, 11) is 1.93. The van der Waals surface area contributed by atoms with Gasteiger partial charge in [-0.15, -0.1) is 0 Å². The van der Waals surface area contributed by atoms with Crippen LogP contribution in [0.3, 0.4) is 0 Å². The van der Waals surface area contributed by atoms with E-state index in [9.17, 15) is 9.59 Å². The molecule has 2 rings (SSSR count). The molecule has 0 spiro atoms. The van der Waals surface area contributed by atoms with Gasteiger partial charge in [-0.3, -0.25) is 14.3 Å². The maximum Gasteiger partial charge on any atom is 0.328 e. The van der Waals surface area contributed by atoms with Gasteiger partial charge in [0.15, 0.2) is 0 Å². The summed E-state index contributed by atoms with van der Waals surface area (Å²) in [5.74, 6) is 0. The molecule has 112 valence electrons. The third-order valence-electron chi connectivity index (χ3n) is 3.53. The largest absolute Gasteiger partial charge is 0.328 e. The maximum atomic E-state index is 11.8. The van der Waals surface area contributed by atoms with Gasteiger partial charge in [-0.2, -0.15) is 0 Å². The van der Waals surface area contributed by atoms with Crippen LogP contribution >= 0.6 is 0 Å². The Morgan fingerprint density at radius 2 is 2.19 bits per heavy atom. The average Bonchev–Trinajstić information content (AvgIpc) is 2.46. The number of nitrogens with one attached hydrogen (secondary N) is 1. The Hall–Kier alpha value is -2.28. The predicted octanol–water partition coefficient (Wildman–Crippen LogP) is 0.328. The Balaban J connectivity index is 2.07. The van der Waals surface area contributed by atoms with E-state index in [-0.39, 0.29) is 17.3 Å². The fraction of sp³-hybridized carbons (Fsp3) is 0.429. The highest BCUT2D eigenvalue weighted by molar-refractivity contribution is 5.03. The van der Waals surface area contributed by atoms with E-state index in [1.807, 2.05) is 24.9 Å². The van der Waals surface area contributed by atoms with Crippen molar-refractivity contribution in [1.29, 1.82) is 0 Å². The second-order valence-corrected chi connectivity index (χ2v) is 5.04. The first-order valence-electron chi connectivity index (χ1n) is 6.76. The van der Waals surface area contributed by atoms with Crippen molar-refractivity contribution >= 4 is 0 Å². The summed E-state index contributed by atoms with van der Waals surface area (Å²) < 4.78 is 1.20. The fourth-order valence-corrected chi connectivity index (χ4v) is 2.07. The molecule has 1 unspecified atom stereocenters. The lowest BCUT2D eigenvalue weighted by atomic mass is 10.2. The van der Waals surface area contributed by atoms with E-state index in [4.69, 9.17) is 0 Å². The van der Waals surface area contributed by atoms with Gasteiger partial charge < -0.3 is 4.98 Å². The zero-order valence-electron chi connectivity index (χ0n) is 12.4. The Labute approximate surface area is 122 Å². The summed E-state index contributed by atoms with van der Waals surface area (Å²) >= 11 is 0. The molecule has 0 saturated heterocycles. The molecule has 21 heavy (non-hydrogen) atoms. The third kappa shape index (κ3) is 3.63. The Kier molecular flexibility index (Phi) is 4.64. The zero-order valence-corrected chi connectivity index (χ0v) is 12.4. The summed E-state index contributed by atoms with van der Waals surface area (Å²) in [6.07, 6.45) is 3.21. The quantitative estimate of drug-likeness (QED) is 0.857. The van der Waals surface area contributed by atoms with Crippen LogP contribution in [0, 0.1) is 6.92 Å². The number of nitrogens with zero attached hydrogens (tertiary/aromatic N) is 4. The van der Waals surface area contributed by atoms with E-state index in [1.165, 1.54) is 17.0 Å². The first kappa shape index (κ1) is 15.1. The van der Waals surface area contributed by atoms with Gasteiger partial charge in [0, 0.05) is 37.1 Å². The standard InChI is InChI=1S/C14H19N5O2/c1-10-8-13(20)19(14(21)17-10)7-6-18(3)11(2)12-4-5-15-9-16-12/h4-5,8-9,11H,6-7H2,1-3H3,(H,17,21). The minimum atomic E-state index is -0.372. The van der Waals surface area contributed by atoms with E-state index < -0.39 is 0 Å². The molecule has 0 fully saturated rings. The summed E-state index contributed by atoms with van der Waals surface area (Å²) in [5, 5.41) is 0. The molecule has 2 aromatic rings. The summed E-state index contributed by atoms with van der Waals surface area (Å²) in [4.78, 5) is 36.4. The van der Waals surface area contributed by atoms with E-state index in [1.54, 1.807) is 13.1 Å². The molecule has 7 nitrogen and oxygen atoms in total. The molecule has 7 heteroatoms. The van der Waals surface area contributed by atoms with Crippen LogP contribution in [-0.4, -0.2) is 38.0 Å². The third-order valence-corrected chi connectivity index (χ3v) is 3.53. The van der Waals surface area contributed by atoms with Gasteiger partial charge >= 0.3 is 5.69 Å². The normalized spacial score (nSPS) is 12.6. The molecule has 0 aliphatic rings. The molecule has 0 saturated carbocycles. The van der Waals surface area contributed by atoms with Crippen LogP contribution in [0.5, 0.6) is 0 Å². The van der Waals surface area contributed by atoms with Gasteiger partial charge in [0.2, 0.25) is 0 Å². The average molecular weight is 289 g/mol. The summed E-state index contributed by atoms with van der Waals surface area (Å²) in [6, 6.07) is 3.36. The van der Waals surface area contributed by atoms with Crippen LogP contribution in [-0.2, 0) is 6.54 Å². The van der Waals surface area contributed by atoms with E-state index in [0.29, 0.717) is 18.8 Å². The van der Waals surface area contributed by atoms with Gasteiger partial charge in [-0.1, -0.05) is 0 Å². The molecule has 0 amide bonds. The number of aromatic nitrogens is 4. The van der Waals surface area contributed by atoms with Crippen molar-refractivity contribution in [3.05, 3.63) is 56.9 Å². The van der Waals surface area contributed by atoms with Crippen LogP contribution in [0.4, 0.5) is 0 Å². The van der Waals surface area contributed by atoms with Gasteiger partial charge in [0.1, 0.15) is 6.33 Å². The van der Waals surface area contributed by atoms with Gasteiger partial charge in [0.25, 0.3) is 5.56 Å². The van der Waals surface area contributed by atoms with Crippen LogP contribution in [0.15, 0.2) is 34.2 Å². The molecule has 0 aromatic carbocycles. The fourth-order valence-electron chi connectivity index (χ4n) is 2.07. The molecule has 2 aromatic heterocycles. The van der Waals surface area contributed by atoms with Crippen LogP contribution in [0.25, 0.3) is 0 Å². The van der Waals surface area contributed by atoms with Gasteiger partial charge in [-0.05, 0) is 27.0 Å². The van der Waals surface area contributed by atoms with Crippen LogP contribution < -0.4 is 11.2 Å². The van der Waals surface area contributed by atoms with E-state index >= 15 is 0 Å². The maximum absolute atomic E-state index is 11.8. The number of hydrogen-bond donors (Lipinski definition) is 1. The van der Waals surface area contributed by atoms with Crippen molar-refractivity contribution in [1.82, 2.24) is 24.4 Å². The smallest absolute Gasteiger partial charge is 0.311 e. The lowest BCUT2D eigenvalue weighted by Gasteiger charge is -2.24. The monoisotopic (exact) mass is 289 g/mol. The molecule has 0 radical (unpaired) electrons. The first-order valence-corrected chi connectivity index (χ1v) is 6.76. The lowest BCUT2D eigenvalue weighted by Crippen LogP contribution is -2.38. The summed E-state index contributed by atoms with van der Waals surface area (Å²) in [5.41, 5.74) is 0.823. The molecular formula is C14H19N5O2. The molecule has 0 aliphatic heterocycles. The Bertz CT molecular complexity index is 676. The van der Waals surface area contributed by atoms with Crippen molar-refractivity contribution in [2.24, 2.45) is 0 Å². The number of aromatic amines is 1. The highest BCUT2D eigenvalue weighted by Gasteiger charge is 2.13. The second kappa shape index (κ2) is 6.45. The highest BCUT2D eigenvalue weighted by atomic mass is 16.2. The molecule has 1 N–H and O–H groups in total.